The average Bonchev–Trinajstić information content (AvgIpc) is 3.42. The summed E-state index contributed by atoms with van der Waals surface area (Å²) in [7, 11) is 0. The first-order valence-corrected chi connectivity index (χ1v) is 13.6. The number of halogens is 4. The molecule has 0 aliphatic rings. The molecule has 0 spiro atoms. The summed E-state index contributed by atoms with van der Waals surface area (Å²) in [6.07, 6.45) is -1.06. The van der Waals surface area contributed by atoms with Gasteiger partial charge in [0.25, 0.3) is 0 Å². The molecule has 1 aromatic heterocycles. The van der Waals surface area contributed by atoms with Crippen LogP contribution in [0.4, 0.5) is 22.7 Å². The predicted molar refractivity (Wildman–Crippen MR) is 155 cm³/mol. The Bertz CT molecular complexity index is 1380. The van der Waals surface area contributed by atoms with Crippen molar-refractivity contribution in [1.82, 2.24) is 10.3 Å². The van der Waals surface area contributed by atoms with Crippen LogP contribution in [0.25, 0.3) is 11.3 Å². The maximum Gasteiger partial charge on any atom is 0.416 e. The molecule has 0 unspecified atom stereocenters. The van der Waals surface area contributed by atoms with E-state index in [9.17, 15) is 17.6 Å². The summed E-state index contributed by atoms with van der Waals surface area (Å²) in [4.78, 5) is 7.55. The van der Waals surface area contributed by atoms with E-state index in [0.29, 0.717) is 35.8 Å². The minimum absolute atomic E-state index is 0.284. The van der Waals surface area contributed by atoms with Crippen molar-refractivity contribution in [1.29, 1.82) is 0 Å². The summed E-state index contributed by atoms with van der Waals surface area (Å²) in [5.41, 5.74) is 3.51. The molecule has 4 aromatic rings. The molecule has 4 rings (SSSR count). The fourth-order valence-corrected chi connectivity index (χ4v) is 5.00. The lowest BCUT2D eigenvalue weighted by Gasteiger charge is -2.22. The number of nitrogens with one attached hydrogen (secondary N) is 1. The second kappa shape index (κ2) is 13.0. The predicted octanol–water partition coefficient (Wildman–Crippen LogP) is 8.06. The third kappa shape index (κ3) is 7.97. The summed E-state index contributed by atoms with van der Waals surface area (Å²) < 4.78 is 52.3. The first-order valence-electron chi connectivity index (χ1n) is 12.3. The molecule has 39 heavy (non-hydrogen) atoms. The zero-order valence-corrected chi connectivity index (χ0v) is 22.7. The lowest BCUT2D eigenvalue weighted by atomic mass is 10.1. The van der Waals surface area contributed by atoms with Crippen molar-refractivity contribution in [2.24, 2.45) is 0 Å². The molecule has 0 atom stereocenters. The van der Waals surface area contributed by atoms with Crippen molar-refractivity contribution < 1.29 is 17.6 Å². The van der Waals surface area contributed by atoms with E-state index >= 15 is 0 Å². The average molecular weight is 570 g/mol. The standard InChI is InChI=1S/C30H27F4N3S2/c1-2-3-17-35-28(38)24-8-4-22(5-9-24)19-37(18-16-21-6-14-26(31)15-7-21)29-36-27(20-39-29)23-10-12-25(13-11-23)30(32,33)34/h2,4-15,20H,1,3,16-19H2,(H,35,38). The number of anilines is 1. The van der Waals surface area contributed by atoms with E-state index in [2.05, 4.69) is 16.8 Å². The molecule has 3 nitrogen and oxygen atoms in total. The maximum absolute atomic E-state index is 13.4. The minimum Gasteiger partial charge on any atom is -0.375 e. The molecule has 0 radical (unpaired) electrons. The van der Waals surface area contributed by atoms with E-state index in [4.69, 9.17) is 17.2 Å². The SMILES string of the molecule is C=CCCNC(=S)c1ccc(CN(CCc2ccc(F)cc2)c2nc(-c3ccc(C(F)(F)F)cc3)cs2)cc1. The number of aromatic nitrogens is 1. The smallest absolute Gasteiger partial charge is 0.375 e. The number of rotatable bonds is 11. The topological polar surface area (TPSA) is 28.2 Å². The highest BCUT2D eigenvalue weighted by atomic mass is 32.1. The number of nitrogens with zero attached hydrogens (tertiary/aromatic N) is 2. The monoisotopic (exact) mass is 569 g/mol. The zero-order valence-electron chi connectivity index (χ0n) is 21.0. The number of hydrogen-bond acceptors (Lipinski definition) is 4. The molecule has 3 aromatic carbocycles. The largest absolute Gasteiger partial charge is 0.416 e. The van der Waals surface area contributed by atoms with Gasteiger partial charge in [0.05, 0.1) is 11.3 Å². The van der Waals surface area contributed by atoms with Gasteiger partial charge in [-0.05, 0) is 48.2 Å². The second-order valence-electron chi connectivity index (χ2n) is 8.92. The van der Waals surface area contributed by atoms with E-state index in [1.54, 1.807) is 12.1 Å². The highest BCUT2D eigenvalue weighted by Crippen LogP contribution is 2.33. The Kier molecular flexibility index (Phi) is 9.48. The minimum atomic E-state index is -4.39. The van der Waals surface area contributed by atoms with Crippen LogP contribution in [0.5, 0.6) is 0 Å². The van der Waals surface area contributed by atoms with Gasteiger partial charge in [0.15, 0.2) is 5.13 Å². The van der Waals surface area contributed by atoms with Gasteiger partial charge in [-0.25, -0.2) is 9.37 Å². The van der Waals surface area contributed by atoms with E-state index in [1.165, 1.54) is 35.6 Å². The molecular weight excluding hydrogens is 542 g/mol. The van der Waals surface area contributed by atoms with E-state index in [1.807, 2.05) is 35.7 Å². The fraction of sp³-hybridized carbons (Fsp3) is 0.200. The van der Waals surface area contributed by atoms with Crippen molar-refractivity contribution in [2.45, 2.75) is 25.6 Å². The van der Waals surface area contributed by atoms with Crippen LogP contribution in [0.3, 0.4) is 0 Å². The maximum atomic E-state index is 13.4. The van der Waals surface area contributed by atoms with Crippen LogP contribution in [0.2, 0.25) is 0 Å². The van der Waals surface area contributed by atoms with Crippen LogP contribution in [0.15, 0.2) is 90.8 Å². The number of benzene rings is 3. The first-order chi connectivity index (χ1) is 18.7. The Morgan fingerprint density at radius 3 is 2.28 bits per heavy atom. The Balaban J connectivity index is 1.52. The molecule has 1 heterocycles. The Morgan fingerprint density at radius 2 is 1.64 bits per heavy atom. The van der Waals surface area contributed by atoms with Gasteiger partial charge in [-0.2, -0.15) is 13.2 Å². The molecule has 202 valence electrons. The van der Waals surface area contributed by atoms with Gasteiger partial charge < -0.3 is 10.2 Å². The Morgan fingerprint density at radius 1 is 0.974 bits per heavy atom. The highest BCUT2D eigenvalue weighted by molar-refractivity contribution is 7.80. The molecule has 0 saturated carbocycles. The molecule has 1 N–H and O–H groups in total. The Labute approximate surface area is 234 Å². The lowest BCUT2D eigenvalue weighted by molar-refractivity contribution is -0.137. The molecule has 0 amide bonds. The first kappa shape index (κ1) is 28.4. The summed E-state index contributed by atoms with van der Waals surface area (Å²) >= 11 is 6.90. The number of thiocarbonyl (C=S) groups is 1. The molecule has 0 aliphatic heterocycles. The third-order valence-electron chi connectivity index (χ3n) is 6.08. The van der Waals surface area contributed by atoms with E-state index < -0.39 is 11.7 Å². The second-order valence-corrected chi connectivity index (χ2v) is 10.2. The van der Waals surface area contributed by atoms with Gasteiger partial charge >= 0.3 is 6.18 Å². The van der Waals surface area contributed by atoms with Crippen LogP contribution in [-0.4, -0.2) is 23.1 Å². The van der Waals surface area contributed by atoms with Crippen LogP contribution < -0.4 is 10.2 Å². The quantitative estimate of drug-likeness (QED) is 0.0856. The van der Waals surface area contributed by atoms with Crippen molar-refractivity contribution in [2.75, 3.05) is 18.0 Å². The number of hydrogen-bond donors (Lipinski definition) is 1. The van der Waals surface area contributed by atoms with Gasteiger partial charge in [0.2, 0.25) is 0 Å². The molecular formula is C30H27F4N3S2. The highest BCUT2D eigenvalue weighted by Gasteiger charge is 2.30. The van der Waals surface area contributed by atoms with Crippen LogP contribution in [-0.2, 0) is 19.1 Å². The molecule has 0 fully saturated rings. The molecule has 9 heteroatoms. The van der Waals surface area contributed by atoms with E-state index in [0.717, 1.165) is 46.9 Å². The Hall–Kier alpha value is -3.56. The van der Waals surface area contributed by atoms with Gasteiger partial charge in [-0.15, -0.1) is 17.9 Å². The van der Waals surface area contributed by atoms with Gasteiger partial charge in [-0.3, -0.25) is 0 Å². The summed E-state index contributed by atoms with van der Waals surface area (Å²) in [5, 5.41) is 5.81. The molecule has 0 aliphatic carbocycles. The normalized spacial score (nSPS) is 11.3. The number of alkyl halides is 3. The fourth-order valence-electron chi connectivity index (χ4n) is 3.90. The molecule has 0 bridgehead atoms. The van der Waals surface area contributed by atoms with Gasteiger partial charge in [-0.1, -0.05) is 66.8 Å². The third-order valence-corrected chi connectivity index (χ3v) is 7.36. The van der Waals surface area contributed by atoms with Gasteiger partial charge in [0, 0.05) is 36.1 Å². The summed E-state index contributed by atoms with van der Waals surface area (Å²) in [5.74, 6) is -0.284. The van der Waals surface area contributed by atoms with Crippen molar-refractivity contribution in [3.8, 4) is 11.3 Å². The number of thiazole rings is 1. The summed E-state index contributed by atoms with van der Waals surface area (Å²) in [6, 6.07) is 19.4. The van der Waals surface area contributed by atoms with Crippen LogP contribution in [0, 0.1) is 5.82 Å². The lowest BCUT2D eigenvalue weighted by Crippen LogP contribution is -2.25. The van der Waals surface area contributed by atoms with Crippen molar-refractivity contribution in [3.05, 3.63) is 119 Å². The van der Waals surface area contributed by atoms with Crippen LogP contribution >= 0.6 is 23.6 Å². The zero-order chi connectivity index (χ0) is 27.8. The van der Waals surface area contributed by atoms with Gasteiger partial charge in [0.1, 0.15) is 10.8 Å². The van der Waals surface area contributed by atoms with Crippen LogP contribution in [0.1, 0.15) is 28.7 Å². The van der Waals surface area contributed by atoms with E-state index in [-0.39, 0.29) is 5.82 Å². The van der Waals surface area contributed by atoms with Crippen molar-refractivity contribution in [3.63, 3.8) is 0 Å². The van der Waals surface area contributed by atoms with Crippen molar-refractivity contribution >= 4 is 33.7 Å². The summed E-state index contributed by atoms with van der Waals surface area (Å²) in [6.45, 7) is 5.63. The molecule has 0 saturated heterocycles.